The van der Waals surface area contributed by atoms with Gasteiger partial charge in [0.1, 0.15) is 24.4 Å². The van der Waals surface area contributed by atoms with Gasteiger partial charge in [0.05, 0.1) is 25.4 Å². The van der Waals surface area contributed by atoms with Crippen LogP contribution in [0.15, 0.2) is 72.9 Å². The van der Waals surface area contributed by atoms with Crippen LogP contribution in [-0.4, -0.2) is 87.5 Å². The number of unbranched alkanes of at least 4 members (excludes halogenated alkanes) is 37. The Labute approximate surface area is 493 Å². The van der Waals surface area contributed by atoms with Gasteiger partial charge in [-0.25, -0.2) is 0 Å². The SMILES string of the molecule is CC/C=C\C/C=C\C/C=C\C/C=C\C/C=C\C/C=C\CCCCCCCCCCCCCCC(=O)NC(COC1OC(CO)C(O)C(O)C1O)C(O)CCCCCCCCCCCCCCCCCCCCCCCCCCCC. The van der Waals surface area contributed by atoms with Gasteiger partial charge < -0.3 is 40.3 Å². The van der Waals surface area contributed by atoms with E-state index in [9.17, 15) is 30.3 Å². The van der Waals surface area contributed by atoms with E-state index in [0.29, 0.717) is 12.8 Å². The quantitative estimate of drug-likeness (QED) is 0.0261. The molecule has 9 nitrogen and oxygen atoms in total. The van der Waals surface area contributed by atoms with Gasteiger partial charge >= 0.3 is 0 Å². The lowest BCUT2D eigenvalue weighted by atomic mass is 9.99. The molecule has 1 aliphatic rings. The van der Waals surface area contributed by atoms with Crippen molar-refractivity contribution >= 4 is 5.91 Å². The summed E-state index contributed by atoms with van der Waals surface area (Å²) in [5.41, 5.74) is 0. The van der Waals surface area contributed by atoms with E-state index >= 15 is 0 Å². The molecule has 0 radical (unpaired) electrons. The Balaban J connectivity index is 2.14. The molecule has 1 heterocycles. The average molecular weight is 1120 g/mol. The van der Waals surface area contributed by atoms with Crippen molar-refractivity contribution in [3.8, 4) is 0 Å². The molecule has 0 saturated carbocycles. The van der Waals surface area contributed by atoms with Gasteiger partial charge in [0.2, 0.25) is 5.91 Å². The first-order valence-electron chi connectivity index (χ1n) is 34.1. The average Bonchev–Trinajstić information content (AvgIpc) is 3.46. The van der Waals surface area contributed by atoms with Crippen LogP contribution >= 0.6 is 0 Å². The molecule has 0 bridgehead atoms. The summed E-state index contributed by atoms with van der Waals surface area (Å²) in [6.45, 7) is 3.76. The zero-order valence-corrected chi connectivity index (χ0v) is 52.1. The third kappa shape index (κ3) is 48.0. The van der Waals surface area contributed by atoms with Gasteiger partial charge in [0, 0.05) is 6.42 Å². The molecule has 1 aliphatic heterocycles. The first-order valence-corrected chi connectivity index (χ1v) is 34.1. The van der Waals surface area contributed by atoms with Crippen molar-refractivity contribution in [2.45, 2.75) is 358 Å². The van der Waals surface area contributed by atoms with E-state index in [2.05, 4.69) is 92.1 Å². The number of nitrogens with one attached hydrogen (secondary N) is 1. The fraction of sp³-hybridized carbons (Fsp3) is 0.817. The van der Waals surface area contributed by atoms with Crippen LogP contribution < -0.4 is 5.32 Å². The highest BCUT2D eigenvalue weighted by Crippen LogP contribution is 2.24. The lowest BCUT2D eigenvalue weighted by Gasteiger charge is -2.40. The van der Waals surface area contributed by atoms with Crippen LogP contribution in [0, 0.1) is 0 Å². The van der Waals surface area contributed by atoms with Crippen LogP contribution in [0.25, 0.3) is 0 Å². The predicted octanol–water partition coefficient (Wildman–Crippen LogP) is 18.4. The molecule has 7 unspecified atom stereocenters. The molecule has 466 valence electrons. The topological polar surface area (TPSA) is 149 Å². The van der Waals surface area contributed by atoms with Crippen molar-refractivity contribution in [3.63, 3.8) is 0 Å². The zero-order chi connectivity index (χ0) is 57.9. The normalized spacial score (nSPS) is 18.9. The van der Waals surface area contributed by atoms with Gasteiger partial charge in [-0.1, -0.05) is 318 Å². The molecule has 1 saturated heterocycles. The first kappa shape index (κ1) is 75.6. The van der Waals surface area contributed by atoms with Crippen molar-refractivity contribution in [2.24, 2.45) is 0 Å². The lowest BCUT2D eigenvalue weighted by Crippen LogP contribution is -2.60. The van der Waals surface area contributed by atoms with Gasteiger partial charge in [-0.2, -0.15) is 0 Å². The lowest BCUT2D eigenvalue weighted by molar-refractivity contribution is -0.302. The molecule has 0 aromatic heterocycles. The Morgan fingerprint density at radius 1 is 0.438 bits per heavy atom. The Morgan fingerprint density at radius 3 is 1.15 bits per heavy atom. The Kier molecular flexibility index (Phi) is 56.5. The second-order valence-corrected chi connectivity index (χ2v) is 23.6. The number of rotatable bonds is 59. The molecule has 1 fully saturated rings. The van der Waals surface area contributed by atoms with E-state index in [-0.39, 0.29) is 12.5 Å². The second kappa shape index (κ2) is 59.8. The minimum atomic E-state index is -1.56. The second-order valence-electron chi connectivity index (χ2n) is 23.6. The highest BCUT2D eigenvalue weighted by Gasteiger charge is 2.44. The molecular weight excluding hydrogens is 995 g/mol. The maximum atomic E-state index is 13.1. The summed E-state index contributed by atoms with van der Waals surface area (Å²) in [5, 5.41) is 54.9. The number of allylic oxidation sites excluding steroid dienone is 12. The minimum absolute atomic E-state index is 0.139. The Morgan fingerprint density at radius 2 is 0.775 bits per heavy atom. The number of aliphatic hydroxyl groups excluding tert-OH is 5. The number of carbonyl (C=O) groups is 1. The summed E-state index contributed by atoms with van der Waals surface area (Å²) >= 11 is 0. The molecule has 1 amide bonds. The van der Waals surface area contributed by atoms with E-state index in [1.54, 1.807) is 0 Å². The van der Waals surface area contributed by atoms with Crippen molar-refractivity contribution in [1.29, 1.82) is 0 Å². The molecule has 9 heteroatoms. The largest absolute Gasteiger partial charge is 0.394 e. The number of hydrogen-bond donors (Lipinski definition) is 6. The molecular formula is C71H129NO8. The predicted molar refractivity (Wildman–Crippen MR) is 341 cm³/mol. The maximum Gasteiger partial charge on any atom is 0.220 e. The Hall–Kier alpha value is -2.37. The smallest absolute Gasteiger partial charge is 0.220 e. The van der Waals surface area contributed by atoms with Gasteiger partial charge in [0.15, 0.2) is 6.29 Å². The monoisotopic (exact) mass is 1120 g/mol. The van der Waals surface area contributed by atoms with Crippen LogP contribution in [0.5, 0.6) is 0 Å². The van der Waals surface area contributed by atoms with E-state index in [0.717, 1.165) is 77.0 Å². The molecule has 0 aromatic rings. The van der Waals surface area contributed by atoms with Gasteiger partial charge in [-0.05, 0) is 64.2 Å². The van der Waals surface area contributed by atoms with E-state index in [1.807, 2.05) is 0 Å². The molecule has 0 aliphatic carbocycles. The van der Waals surface area contributed by atoms with Gasteiger partial charge in [0.25, 0.3) is 0 Å². The van der Waals surface area contributed by atoms with Crippen molar-refractivity contribution in [1.82, 2.24) is 5.32 Å². The number of amides is 1. The maximum absolute atomic E-state index is 13.1. The van der Waals surface area contributed by atoms with Crippen molar-refractivity contribution in [3.05, 3.63) is 72.9 Å². The summed E-state index contributed by atoms with van der Waals surface area (Å²) in [6, 6.07) is -0.725. The summed E-state index contributed by atoms with van der Waals surface area (Å²) in [7, 11) is 0. The fourth-order valence-corrected chi connectivity index (χ4v) is 10.8. The van der Waals surface area contributed by atoms with E-state index in [4.69, 9.17) is 9.47 Å². The van der Waals surface area contributed by atoms with Gasteiger partial charge in [-0.15, -0.1) is 0 Å². The summed E-state index contributed by atoms with van der Waals surface area (Å²) in [5.74, 6) is -0.145. The van der Waals surface area contributed by atoms with Crippen molar-refractivity contribution < 1.29 is 39.8 Å². The number of ether oxygens (including phenoxy) is 2. The highest BCUT2D eigenvalue weighted by atomic mass is 16.7. The third-order valence-electron chi connectivity index (χ3n) is 16.1. The van der Waals surface area contributed by atoms with Crippen molar-refractivity contribution in [2.75, 3.05) is 13.2 Å². The third-order valence-corrected chi connectivity index (χ3v) is 16.1. The molecule has 0 spiro atoms. The zero-order valence-electron chi connectivity index (χ0n) is 52.1. The van der Waals surface area contributed by atoms with E-state index in [1.165, 1.54) is 212 Å². The highest BCUT2D eigenvalue weighted by molar-refractivity contribution is 5.76. The minimum Gasteiger partial charge on any atom is -0.394 e. The standard InChI is InChI=1S/C71H129NO8/c1-3-5-7-9-11-13-15-17-19-21-23-25-27-29-31-32-33-34-35-37-39-41-43-45-47-49-51-53-55-57-59-61-67(75)72-64(63-79-71-70(78)69(77)68(76)66(62-73)80-71)65(74)60-58-56-54-52-50-48-46-44-42-40-38-36-30-28-26-24-22-20-18-16-14-12-10-8-6-4-2/h5,7,11,13,17,19,23,25,29,31,33-34,64-66,68-71,73-74,76-78H,3-4,6,8-10,12,14-16,18,20-22,24,26-28,30,32,35-63H2,1-2H3,(H,72,75)/b7-5-,13-11-,19-17-,25-23-,31-29-,34-33-. The van der Waals surface area contributed by atoms with Gasteiger partial charge in [-0.3, -0.25) is 4.79 Å². The number of carbonyl (C=O) groups excluding carboxylic acids is 1. The molecule has 7 atom stereocenters. The summed E-state index contributed by atoms with van der Waals surface area (Å²) in [6.07, 6.45) is 76.7. The summed E-state index contributed by atoms with van der Waals surface area (Å²) < 4.78 is 11.4. The van der Waals surface area contributed by atoms with E-state index < -0.39 is 49.5 Å². The number of hydrogen-bond acceptors (Lipinski definition) is 8. The van der Waals surface area contributed by atoms with Crippen LogP contribution in [-0.2, 0) is 14.3 Å². The molecule has 80 heavy (non-hydrogen) atoms. The van der Waals surface area contributed by atoms with Crippen LogP contribution in [0.1, 0.15) is 316 Å². The molecule has 0 aromatic carbocycles. The molecule has 6 N–H and O–H groups in total. The number of aliphatic hydroxyl groups is 5. The molecule has 1 rings (SSSR count). The summed E-state index contributed by atoms with van der Waals surface area (Å²) in [4.78, 5) is 13.1. The van der Waals surface area contributed by atoms with Crippen LogP contribution in [0.3, 0.4) is 0 Å². The first-order chi connectivity index (χ1) is 39.3. The Bertz CT molecular complexity index is 1490. The van der Waals surface area contributed by atoms with Crippen LogP contribution in [0.2, 0.25) is 0 Å². The van der Waals surface area contributed by atoms with Crippen LogP contribution in [0.4, 0.5) is 0 Å². The fourth-order valence-electron chi connectivity index (χ4n) is 10.8.